The van der Waals surface area contributed by atoms with E-state index >= 15 is 0 Å². The van der Waals surface area contributed by atoms with Crippen molar-refractivity contribution in [1.82, 2.24) is 14.3 Å². The zero-order chi connectivity index (χ0) is 20.8. The Morgan fingerprint density at radius 3 is 2.38 bits per heavy atom. The van der Waals surface area contributed by atoms with E-state index in [1.54, 1.807) is 15.5 Å². The van der Waals surface area contributed by atoms with E-state index in [-0.39, 0.29) is 23.3 Å². The number of para-hydroxylation sites is 1. The van der Waals surface area contributed by atoms with Crippen molar-refractivity contribution in [2.75, 3.05) is 18.4 Å². The van der Waals surface area contributed by atoms with Crippen LogP contribution in [0.4, 0.5) is 5.69 Å². The van der Waals surface area contributed by atoms with Crippen molar-refractivity contribution in [3.8, 4) is 0 Å². The Kier molecular flexibility index (Phi) is 6.65. The van der Waals surface area contributed by atoms with E-state index in [4.69, 9.17) is 0 Å². The fraction of sp³-hybridized carbons (Fsp3) is 0.348. The van der Waals surface area contributed by atoms with E-state index < -0.39 is 0 Å². The normalized spacial score (nSPS) is 10.9. The first kappa shape index (κ1) is 20.6. The Bertz CT molecular complexity index is 1000. The molecule has 1 aromatic carbocycles. The quantitative estimate of drug-likeness (QED) is 0.617. The van der Waals surface area contributed by atoms with Crippen LogP contribution in [0.25, 0.3) is 5.52 Å². The van der Waals surface area contributed by atoms with Gasteiger partial charge in [-0.1, -0.05) is 45.0 Å². The molecule has 152 valence electrons. The van der Waals surface area contributed by atoms with E-state index in [1.807, 2.05) is 63.2 Å². The van der Waals surface area contributed by atoms with Crippen LogP contribution in [0.5, 0.6) is 0 Å². The van der Waals surface area contributed by atoms with Crippen LogP contribution in [0.1, 0.15) is 60.3 Å². The van der Waals surface area contributed by atoms with Crippen molar-refractivity contribution < 1.29 is 9.59 Å². The van der Waals surface area contributed by atoms with Crippen LogP contribution in [-0.4, -0.2) is 39.2 Å². The molecule has 3 rings (SSSR count). The molecule has 2 amide bonds. The Hall–Kier alpha value is -3.15. The topological polar surface area (TPSA) is 66.7 Å². The molecule has 0 aliphatic carbocycles. The van der Waals surface area contributed by atoms with Crippen LogP contribution in [-0.2, 0) is 6.42 Å². The molecular weight excluding hydrogens is 364 g/mol. The lowest BCUT2D eigenvalue weighted by molar-refractivity contribution is 0.0742. The maximum absolute atomic E-state index is 13.1. The first-order valence-corrected chi connectivity index (χ1v) is 10.3. The van der Waals surface area contributed by atoms with Gasteiger partial charge in [-0.3, -0.25) is 14.0 Å². The van der Waals surface area contributed by atoms with Crippen molar-refractivity contribution in [3.05, 3.63) is 65.7 Å². The third-order valence-corrected chi connectivity index (χ3v) is 4.88. The molecule has 0 unspecified atom stereocenters. The molecule has 2 heterocycles. The third-order valence-electron chi connectivity index (χ3n) is 4.88. The molecule has 0 spiro atoms. The molecule has 0 fully saturated rings. The Morgan fingerprint density at radius 1 is 1.00 bits per heavy atom. The summed E-state index contributed by atoms with van der Waals surface area (Å²) in [7, 11) is 0. The van der Waals surface area contributed by atoms with Crippen molar-refractivity contribution in [3.63, 3.8) is 0 Å². The number of nitrogens with one attached hydrogen (secondary N) is 1. The number of imidazole rings is 1. The van der Waals surface area contributed by atoms with Gasteiger partial charge in [-0.15, -0.1) is 0 Å². The first-order chi connectivity index (χ1) is 14.1. The minimum atomic E-state index is -0.314. The maximum atomic E-state index is 13.1. The average molecular weight is 393 g/mol. The van der Waals surface area contributed by atoms with Crippen molar-refractivity contribution >= 4 is 23.0 Å². The van der Waals surface area contributed by atoms with Crippen LogP contribution in [0.3, 0.4) is 0 Å². The van der Waals surface area contributed by atoms with E-state index in [9.17, 15) is 9.59 Å². The molecule has 0 atom stereocenters. The van der Waals surface area contributed by atoms with Gasteiger partial charge >= 0.3 is 0 Å². The van der Waals surface area contributed by atoms with Crippen LogP contribution in [0.15, 0.2) is 48.7 Å². The first-order valence-electron chi connectivity index (χ1n) is 10.3. The zero-order valence-electron chi connectivity index (χ0n) is 17.3. The maximum Gasteiger partial charge on any atom is 0.290 e. The molecule has 0 aliphatic rings. The smallest absolute Gasteiger partial charge is 0.290 e. The van der Waals surface area contributed by atoms with Crippen LogP contribution in [0.2, 0.25) is 0 Å². The lowest BCUT2D eigenvalue weighted by Gasteiger charge is -2.20. The lowest BCUT2D eigenvalue weighted by atomic mass is 10.1. The van der Waals surface area contributed by atoms with Crippen molar-refractivity contribution in [1.29, 1.82) is 0 Å². The summed E-state index contributed by atoms with van der Waals surface area (Å²) in [5.41, 5.74) is 2.70. The van der Waals surface area contributed by atoms with Crippen LogP contribution < -0.4 is 5.32 Å². The number of anilines is 1. The van der Waals surface area contributed by atoms with Gasteiger partial charge in [0.2, 0.25) is 5.82 Å². The number of benzene rings is 1. The highest BCUT2D eigenvalue weighted by atomic mass is 16.2. The van der Waals surface area contributed by atoms with Gasteiger partial charge in [0.05, 0.1) is 5.52 Å². The highest BCUT2D eigenvalue weighted by Crippen LogP contribution is 2.20. The standard InChI is InChI=1S/C23H28N4O2/c1-4-14-26(15-5-2)23(29)21-25-20(19-13-9-10-16-27(19)21)22(28)24-18-12-8-7-11-17(18)6-3/h7-13,16H,4-6,14-15H2,1-3H3,(H,24,28). The summed E-state index contributed by atoms with van der Waals surface area (Å²) in [6.45, 7) is 7.47. The fourth-order valence-corrected chi connectivity index (χ4v) is 3.48. The number of hydrogen-bond acceptors (Lipinski definition) is 3. The molecule has 0 aliphatic heterocycles. The third kappa shape index (κ3) is 4.31. The lowest BCUT2D eigenvalue weighted by Crippen LogP contribution is -2.33. The van der Waals surface area contributed by atoms with E-state index in [2.05, 4.69) is 10.3 Å². The molecule has 3 aromatic rings. The summed E-state index contributed by atoms with van der Waals surface area (Å²) in [6, 6.07) is 13.2. The number of aryl methyl sites for hydroxylation is 1. The highest BCUT2D eigenvalue weighted by molar-refractivity contribution is 6.09. The van der Waals surface area contributed by atoms with E-state index in [1.165, 1.54) is 0 Å². The molecule has 2 aromatic heterocycles. The summed E-state index contributed by atoms with van der Waals surface area (Å²) in [5.74, 6) is -0.189. The minimum absolute atomic E-state index is 0.150. The Balaban J connectivity index is 1.99. The number of carbonyl (C=O) groups excluding carboxylic acids is 2. The summed E-state index contributed by atoms with van der Waals surface area (Å²) in [5, 5.41) is 2.96. The Labute approximate surface area is 171 Å². The molecule has 29 heavy (non-hydrogen) atoms. The van der Waals surface area contributed by atoms with E-state index in [0.717, 1.165) is 30.5 Å². The summed E-state index contributed by atoms with van der Waals surface area (Å²) in [4.78, 5) is 32.5. The molecule has 0 saturated carbocycles. The molecule has 0 saturated heterocycles. The van der Waals surface area contributed by atoms with Crippen molar-refractivity contribution in [2.24, 2.45) is 0 Å². The molecule has 0 bridgehead atoms. The van der Waals surface area contributed by atoms with Gasteiger partial charge in [0.15, 0.2) is 5.69 Å². The zero-order valence-corrected chi connectivity index (χ0v) is 17.3. The second-order valence-corrected chi connectivity index (χ2v) is 7.00. The van der Waals surface area contributed by atoms with Crippen LogP contribution >= 0.6 is 0 Å². The van der Waals surface area contributed by atoms with Gasteiger partial charge < -0.3 is 10.2 Å². The molecular formula is C23H28N4O2. The molecule has 1 N–H and O–H groups in total. The second-order valence-electron chi connectivity index (χ2n) is 7.00. The average Bonchev–Trinajstić information content (AvgIpc) is 3.13. The predicted molar refractivity (Wildman–Crippen MR) is 115 cm³/mol. The SMILES string of the molecule is CCCN(CCC)C(=O)c1nc(C(=O)Nc2ccccc2CC)c2ccccn12. The minimum Gasteiger partial charge on any atom is -0.336 e. The summed E-state index contributed by atoms with van der Waals surface area (Å²) < 4.78 is 1.71. The number of nitrogens with zero attached hydrogens (tertiary/aromatic N) is 3. The van der Waals surface area contributed by atoms with Crippen molar-refractivity contribution in [2.45, 2.75) is 40.0 Å². The summed E-state index contributed by atoms with van der Waals surface area (Å²) >= 11 is 0. The second kappa shape index (κ2) is 9.37. The number of carbonyl (C=O) groups is 2. The number of amides is 2. The molecule has 0 radical (unpaired) electrons. The number of hydrogen-bond donors (Lipinski definition) is 1. The molecule has 6 heteroatoms. The number of pyridine rings is 1. The van der Waals surface area contributed by atoms with Gasteiger partial charge in [0.25, 0.3) is 11.8 Å². The van der Waals surface area contributed by atoms with Gasteiger partial charge in [-0.05, 0) is 43.0 Å². The largest absolute Gasteiger partial charge is 0.336 e. The highest BCUT2D eigenvalue weighted by Gasteiger charge is 2.24. The number of aromatic nitrogens is 2. The number of fused-ring (bicyclic) bond motifs is 1. The monoisotopic (exact) mass is 392 g/mol. The fourth-order valence-electron chi connectivity index (χ4n) is 3.48. The number of rotatable bonds is 8. The summed E-state index contributed by atoms with van der Waals surface area (Å²) in [6.07, 6.45) is 4.34. The van der Waals surface area contributed by atoms with Gasteiger partial charge in [-0.25, -0.2) is 4.98 Å². The van der Waals surface area contributed by atoms with Gasteiger partial charge in [0.1, 0.15) is 0 Å². The van der Waals surface area contributed by atoms with Gasteiger partial charge in [0, 0.05) is 25.0 Å². The Morgan fingerprint density at radius 2 is 1.69 bits per heavy atom. The van der Waals surface area contributed by atoms with Gasteiger partial charge in [-0.2, -0.15) is 0 Å². The van der Waals surface area contributed by atoms with E-state index in [0.29, 0.717) is 18.6 Å². The predicted octanol–water partition coefficient (Wildman–Crippen LogP) is 4.41. The molecule has 6 nitrogen and oxygen atoms in total. The van der Waals surface area contributed by atoms with Crippen LogP contribution in [0, 0.1) is 0 Å².